The van der Waals surface area contributed by atoms with E-state index in [1.807, 2.05) is 0 Å². The summed E-state index contributed by atoms with van der Waals surface area (Å²) in [6, 6.07) is 5.01. The van der Waals surface area contributed by atoms with Gasteiger partial charge in [0.05, 0.1) is 18.7 Å². The highest BCUT2D eigenvalue weighted by Gasteiger charge is 2.32. The number of hydrogen-bond acceptors (Lipinski definition) is 4. The fraction of sp³-hybridized carbons (Fsp3) is 0.500. The number of morpholine rings is 1. The lowest BCUT2D eigenvalue weighted by Gasteiger charge is -2.33. The summed E-state index contributed by atoms with van der Waals surface area (Å²) in [5, 5.41) is 0. The number of hydrogen-bond donors (Lipinski definition) is 0. The van der Waals surface area contributed by atoms with Crippen LogP contribution in [0.5, 0.6) is 11.5 Å². The molecule has 0 N–H and O–H groups in total. The van der Waals surface area contributed by atoms with Gasteiger partial charge < -0.3 is 19.1 Å². The molecule has 7 heteroatoms. The van der Waals surface area contributed by atoms with E-state index in [2.05, 4.69) is 0 Å². The highest BCUT2D eigenvalue weighted by Crippen LogP contribution is 2.34. The Bertz CT molecular complexity index is 538. The Morgan fingerprint density at radius 1 is 1.24 bits per heavy atom. The molecule has 0 aromatic heterocycles. The van der Waals surface area contributed by atoms with Crippen LogP contribution in [0.25, 0.3) is 0 Å². The number of ether oxygens (including phenoxy) is 3. The first-order valence-corrected chi connectivity index (χ1v) is 6.74. The molecule has 0 bridgehead atoms. The van der Waals surface area contributed by atoms with Crippen LogP contribution in [-0.2, 0) is 4.74 Å². The molecule has 0 aliphatic carbocycles. The molecule has 1 saturated heterocycles. The maximum atomic E-state index is 12.7. The molecule has 2 aliphatic heterocycles. The van der Waals surface area contributed by atoms with Crippen molar-refractivity contribution in [3.05, 3.63) is 23.8 Å². The lowest BCUT2D eigenvalue weighted by molar-refractivity contribution is -0.0943. The first-order valence-electron chi connectivity index (χ1n) is 6.74. The van der Waals surface area contributed by atoms with Gasteiger partial charge in [-0.2, -0.15) is 0 Å². The van der Waals surface area contributed by atoms with E-state index in [0.29, 0.717) is 30.3 Å². The minimum Gasteiger partial charge on any atom is -0.486 e. The van der Waals surface area contributed by atoms with Gasteiger partial charge in [0.2, 0.25) is 0 Å². The Morgan fingerprint density at radius 3 is 2.86 bits per heavy atom. The normalized spacial score (nSPS) is 21.5. The second-order valence-electron chi connectivity index (χ2n) is 4.82. The number of amides is 1. The standard InChI is InChI=1S/C14H15F2NO4/c15-13(16)11-8-17(4-5-19-11)14(18)9-2-1-3-10-12(9)21-7-6-20-10/h1-3,11,13H,4-8H2. The summed E-state index contributed by atoms with van der Waals surface area (Å²) in [5.74, 6) is 0.547. The van der Waals surface area contributed by atoms with Gasteiger partial charge in [-0.15, -0.1) is 0 Å². The van der Waals surface area contributed by atoms with Crippen LogP contribution in [0.1, 0.15) is 10.4 Å². The summed E-state index contributed by atoms with van der Waals surface area (Å²) < 4.78 is 41.3. The topological polar surface area (TPSA) is 48.0 Å². The minimum absolute atomic E-state index is 0.104. The van der Waals surface area contributed by atoms with Gasteiger partial charge in [0.1, 0.15) is 19.3 Å². The van der Waals surface area contributed by atoms with Gasteiger partial charge in [-0.1, -0.05) is 6.07 Å². The van der Waals surface area contributed by atoms with Crippen molar-refractivity contribution in [3.8, 4) is 11.5 Å². The van der Waals surface area contributed by atoms with Crippen molar-refractivity contribution >= 4 is 5.91 Å². The zero-order valence-electron chi connectivity index (χ0n) is 11.3. The first-order chi connectivity index (χ1) is 10.2. The zero-order chi connectivity index (χ0) is 14.8. The van der Waals surface area contributed by atoms with E-state index >= 15 is 0 Å². The van der Waals surface area contributed by atoms with E-state index in [1.54, 1.807) is 18.2 Å². The number of halogens is 2. The van der Waals surface area contributed by atoms with E-state index in [0.717, 1.165) is 0 Å². The second kappa shape index (κ2) is 5.85. The molecular weight excluding hydrogens is 284 g/mol. The van der Waals surface area contributed by atoms with Crippen LogP contribution in [0.15, 0.2) is 18.2 Å². The molecule has 2 aliphatic rings. The van der Waals surface area contributed by atoms with Crippen LogP contribution in [0.3, 0.4) is 0 Å². The second-order valence-corrected chi connectivity index (χ2v) is 4.82. The van der Waals surface area contributed by atoms with Crippen molar-refractivity contribution in [1.82, 2.24) is 4.90 Å². The van der Waals surface area contributed by atoms with Crippen molar-refractivity contribution in [2.24, 2.45) is 0 Å². The van der Waals surface area contributed by atoms with Gasteiger partial charge in [0.15, 0.2) is 11.5 Å². The lowest BCUT2D eigenvalue weighted by Crippen LogP contribution is -2.48. The van der Waals surface area contributed by atoms with Crippen LogP contribution in [0.4, 0.5) is 8.78 Å². The number of rotatable bonds is 2. The molecular formula is C14H15F2NO4. The molecule has 1 unspecified atom stereocenters. The Kier molecular flexibility index (Phi) is 3.92. The van der Waals surface area contributed by atoms with Crippen LogP contribution >= 0.6 is 0 Å². The molecule has 0 saturated carbocycles. The molecule has 114 valence electrons. The monoisotopic (exact) mass is 299 g/mol. The van der Waals surface area contributed by atoms with Crippen molar-refractivity contribution in [3.63, 3.8) is 0 Å². The molecule has 3 rings (SSSR count). The van der Waals surface area contributed by atoms with E-state index in [4.69, 9.17) is 14.2 Å². The van der Waals surface area contributed by atoms with Crippen molar-refractivity contribution in [2.75, 3.05) is 32.9 Å². The number of para-hydroxylation sites is 1. The number of carbonyl (C=O) groups excluding carboxylic acids is 1. The van der Waals surface area contributed by atoms with Crippen molar-refractivity contribution in [1.29, 1.82) is 0 Å². The summed E-state index contributed by atoms with van der Waals surface area (Å²) in [7, 11) is 0. The highest BCUT2D eigenvalue weighted by molar-refractivity contribution is 5.98. The van der Waals surface area contributed by atoms with Gasteiger partial charge in [0, 0.05) is 6.54 Å². The van der Waals surface area contributed by atoms with E-state index < -0.39 is 12.5 Å². The molecule has 1 amide bonds. The van der Waals surface area contributed by atoms with Gasteiger partial charge in [-0.25, -0.2) is 8.78 Å². The molecule has 1 fully saturated rings. The number of fused-ring (bicyclic) bond motifs is 1. The van der Waals surface area contributed by atoms with Gasteiger partial charge in [0.25, 0.3) is 12.3 Å². The first kappa shape index (κ1) is 14.1. The van der Waals surface area contributed by atoms with E-state index in [9.17, 15) is 13.6 Å². The predicted molar refractivity (Wildman–Crippen MR) is 69.1 cm³/mol. The van der Waals surface area contributed by atoms with Gasteiger partial charge in [-0.05, 0) is 12.1 Å². The number of benzene rings is 1. The van der Waals surface area contributed by atoms with Crippen molar-refractivity contribution in [2.45, 2.75) is 12.5 Å². The molecule has 1 aromatic carbocycles. The lowest BCUT2D eigenvalue weighted by atomic mass is 10.1. The quantitative estimate of drug-likeness (QED) is 0.831. The molecule has 1 atom stereocenters. The SMILES string of the molecule is O=C(c1cccc2c1OCCO2)N1CCOC(C(F)F)C1. The van der Waals surface area contributed by atoms with Gasteiger partial charge >= 0.3 is 0 Å². The molecule has 5 nitrogen and oxygen atoms in total. The third kappa shape index (κ3) is 2.78. The highest BCUT2D eigenvalue weighted by atomic mass is 19.3. The number of nitrogens with zero attached hydrogens (tertiary/aromatic N) is 1. The maximum absolute atomic E-state index is 12.7. The van der Waals surface area contributed by atoms with Crippen LogP contribution in [-0.4, -0.2) is 56.2 Å². The number of alkyl halides is 2. The minimum atomic E-state index is -2.61. The Balaban J connectivity index is 1.82. The van der Waals surface area contributed by atoms with Crippen LogP contribution in [0, 0.1) is 0 Å². The third-order valence-electron chi connectivity index (χ3n) is 3.46. The molecule has 2 heterocycles. The van der Waals surface area contributed by atoms with Gasteiger partial charge in [-0.3, -0.25) is 4.79 Å². The molecule has 1 aromatic rings. The zero-order valence-corrected chi connectivity index (χ0v) is 11.3. The summed E-state index contributed by atoms with van der Waals surface area (Å²) >= 11 is 0. The Labute approximate surface area is 120 Å². The summed E-state index contributed by atoms with van der Waals surface area (Å²) in [5.41, 5.74) is 0.335. The molecule has 0 radical (unpaired) electrons. The van der Waals surface area contributed by atoms with E-state index in [1.165, 1.54) is 4.90 Å². The van der Waals surface area contributed by atoms with Crippen molar-refractivity contribution < 1.29 is 27.8 Å². The summed E-state index contributed by atoms with van der Waals surface area (Å²) in [4.78, 5) is 13.9. The fourth-order valence-electron chi connectivity index (χ4n) is 2.42. The largest absolute Gasteiger partial charge is 0.486 e. The smallest absolute Gasteiger partial charge is 0.266 e. The Hall–Kier alpha value is -1.89. The maximum Gasteiger partial charge on any atom is 0.266 e. The van der Waals surface area contributed by atoms with E-state index in [-0.39, 0.29) is 25.6 Å². The predicted octanol–water partition coefficient (Wildman–Crippen LogP) is 1.56. The summed E-state index contributed by atoms with van der Waals surface area (Å²) in [6.45, 7) is 1.05. The molecule has 21 heavy (non-hydrogen) atoms. The van der Waals surface area contributed by atoms with Crippen LogP contribution in [0.2, 0.25) is 0 Å². The third-order valence-corrected chi connectivity index (χ3v) is 3.46. The average molecular weight is 299 g/mol. The Morgan fingerprint density at radius 2 is 2.05 bits per heavy atom. The van der Waals surface area contributed by atoms with Crippen LogP contribution < -0.4 is 9.47 Å². The average Bonchev–Trinajstić information content (AvgIpc) is 2.53. The molecule has 0 spiro atoms. The number of carbonyl (C=O) groups is 1. The fourth-order valence-corrected chi connectivity index (χ4v) is 2.42. The summed E-state index contributed by atoms with van der Waals surface area (Å²) in [6.07, 6.45) is -3.84.